The lowest BCUT2D eigenvalue weighted by atomic mass is 9.54. The zero-order valence-electron chi connectivity index (χ0n) is 19.1. The first-order valence-electron chi connectivity index (χ1n) is 11.9. The van der Waals surface area contributed by atoms with Crippen molar-refractivity contribution in [1.29, 1.82) is 0 Å². The van der Waals surface area contributed by atoms with Crippen molar-refractivity contribution >= 4 is 17.2 Å². The van der Waals surface area contributed by atoms with Crippen molar-refractivity contribution in [2.24, 2.45) is 11.3 Å². The number of ether oxygens (including phenoxy) is 1. The standard InChI is InChI=1S/C26H33ClN2O3/c1-23-8-10-25(27)13-18-21(30)22(31)19(29(2)3)14-24(18)9-11-26(25,32-24)20(23)7-6-17(23)16-5-4-12-28-15-16/h4-6,12-13,15,19-22,30-31H,7-11,14H2,1-3H3/t19-,20?,21+,22+,23+,24+,25?,26-/m0/s1. The van der Waals surface area contributed by atoms with Gasteiger partial charge >= 0.3 is 0 Å². The maximum absolute atomic E-state index is 11.1. The van der Waals surface area contributed by atoms with Crippen LogP contribution in [-0.2, 0) is 4.74 Å². The molecule has 1 aromatic rings. The average molecular weight is 457 g/mol. The molecule has 6 rings (SSSR count). The van der Waals surface area contributed by atoms with Crippen LogP contribution < -0.4 is 0 Å². The van der Waals surface area contributed by atoms with Crippen LogP contribution in [0.25, 0.3) is 5.57 Å². The number of aliphatic hydroxyl groups excluding tert-OH is 2. The lowest BCUT2D eigenvalue weighted by molar-refractivity contribution is -0.199. The fraction of sp³-hybridized carbons (Fsp3) is 0.654. The minimum absolute atomic E-state index is 0.0218. The number of rotatable bonds is 2. The Hall–Kier alpha value is -1.24. The highest BCUT2D eigenvalue weighted by Crippen LogP contribution is 2.71. The molecule has 2 N–H and O–H groups in total. The number of aliphatic hydroxyl groups is 2. The van der Waals surface area contributed by atoms with Gasteiger partial charge in [0.15, 0.2) is 0 Å². The molecule has 8 atom stereocenters. The number of likely N-dealkylation sites (N-methyl/N-ethyl adjacent to an activating group) is 1. The number of fused-ring (bicyclic) bond motifs is 1. The number of halogens is 1. The van der Waals surface area contributed by atoms with Crippen molar-refractivity contribution in [3.05, 3.63) is 47.8 Å². The molecule has 2 aliphatic heterocycles. The van der Waals surface area contributed by atoms with Gasteiger partial charge in [0.2, 0.25) is 0 Å². The maximum Gasteiger partial charge on any atom is 0.105 e. The lowest BCUT2D eigenvalue weighted by Crippen LogP contribution is -2.68. The van der Waals surface area contributed by atoms with Crippen LogP contribution >= 0.6 is 11.6 Å². The molecule has 0 aromatic carbocycles. The predicted molar refractivity (Wildman–Crippen MR) is 124 cm³/mol. The van der Waals surface area contributed by atoms with Gasteiger partial charge in [0.1, 0.15) is 6.10 Å². The molecule has 6 heteroatoms. The summed E-state index contributed by atoms with van der Waals surface area (Å²) in [7, 11) is 3.92. The molecule has 3 fully saturated rings. The summed E-state index contributed by atoms with van der Waals surface area (Å²) >= 11 is 7.47. The fourth-order valence-electron chi connectivity index (χ4n) is 7.95. The molecular formula is C26H33ClN2O3. The van der Waals surface area contributed by atoms with Crippen LogP contribution in [0.4, 0.5) is 0 Å². The van der Waals surface area contributed by atoms with Gasteiger partial charge in [0, 0.05) is 24.4 Å². The van der Waals surface area contributed by atoms with E-state index in [0.29, 0.717) is 6.42 Å². The summed E-state index contributed by atoms with van der Waals surface area (Å²) < 4.78 is 7.20. The van der Waals surface area contributed by atoms with Gasteiger partial charge in [-0.15, -0.1) is 11.6 Å². The Bertz CT molecular complexity index is 1010. The van der Waals surface area contributed by atoms with Crippen molar-refractivity contribution in [2.45, 2.75) is 79.8 Å². The van der Waals surface area contributed by atoms with Crippen molar-refractivity contribution in [1.82, 2.24) is 9.88 Å². The van der Waals surface area contributed by atoms with Crippen LogP contribution in [-0.4, -0.2) is 68.5 Å². The Morgan fingerprint density at radius 2 is 2.00 bits per heavy atom. The minimum atomic E-state index is -0.941. The van der Waals surface area contributed by atoms with Gasteiger partial charge in [-0.3, -0.25) is 4.98 Å². The molecule has 0 radical (unpaired) electrons. The van der Waals surface area contributed by atoms with Gasteiger partial charge in [0.05, 0.1) is 22.2 Å². The van der Waals surface area contributed by atoms with Crippen LogP contribution in [0.1, 0.15) is 51.0 Å². The fourth-order valence-corrected chi connectivity index (χ4v) is 8.43. The van der Waals surface area contributed by atoms with Gasteiger partial charge < -0.3 is 19.8 Å². The summed E-state index contributed by atoms with van der Waals surface area (Å²) in [6, 6.07) is 4.01. The third-order valence-corrected chi connectivity index (χ3v) is 10.2. The Morgan fingerprint density at radius 3 is 2.72 bits per heavy atom. The highest BCUT2D eigenvalue weighted by molar-refractivity contribution is 6.26. The van der Waals surface area contributed by atoms with E-state index >= 15 is 0 Å². The Kier molecular flexibility index (Phi) is 4.44. The molecular weight excluding hydrogens is 424 g/mol. The van der Waals surface area contributed by atoms with E-state index in [1.807, 2.05) is 37.5 Å². The van der Waals surface area contributed by atoms with E-state index in [1.165, 1.54) is 11.1 Å². The molecule has 2 bridgehead atoms. The first-order valence-corrected chi connectivity index (χ1v) is 12.3. The molecule has 2 spiro atoms. The second-order valence-corrected chi connectivity index (χ2v) is 11.9. The molecule has 1 saturated heterocycles. The summed E-state index contributed by atoms with van der Waals surface area (Å²) in [5.74, 6) is 0.274. The lowest BCUT2D eigenvalue weighted by Gasteiger charge is -2.61. The maximum atomic E-state index is 11.1. The van der Waals surface area contributed by atoms with Crippen LogP contribution in [0.3, 0.4) is 0 Å². The molecule has 3 heterocycles. The Balaban J connectivity index is 1.44. The molecule has 3 aliphatic carbocycles. The van der Waals surface area contributed by atoms with Crippen LogP contribution in [0, 0.1) is 11.3 Å². The van der Waals surface area contributed by atoms with Gasteiger partial charge in [-0.2, -0.15) is 0 Å². The molecule has 2 saturated carbocycles. The number of allylic oxidation sites excluding steroid dienone is 2. The SMILES string of the molecule is CN(C)[C@H]1C[C@@]23CC[C@]4(O2)C2CC=C(c5cccnc5)[C@@]2(C)CCC4(Cl)C=C3[C@@H](O)[C@@H]1O. The highest BCUT2D eigenvalue weighted by atomic mass is 35.5. The van der Waals surface area contributed by atoms with Gasteiger partial charge in [0.25, 0.3) is 0 Å². The highest BCUT2D eigenvalue weighted by Gasteiger charge is 2.73. The van der Waals surface area contributed by atoms with Crippen molar-refractivity contribution in [3.63, 3.8) is 0 Å². The quantitative estimate of drug-likeness (QED) is 0.526. The Labute approximate surface area is 195 Å². The van der Waals surface area contributed by atoms with Crippen molar-refractivity contribution in [2.75, 3.05) is 14.1 Å². The van der Waals surface area contributed by atoms with Crippen molar-refractivity contribution < 1.29 is 14.9 Å². The summed E-state index contributed by atoms with van der Waals surface area (Å²) in [4.78, 5) is 5.72. The molecule has 0 amide bonds. The average Bonchev–Trinajstić information content (AvgIpc) is 3.30. The molecule has 172 valence electrons. The molecule has 1 aromatic heterocycles. The number of hydrogen-bond donors (Lipinski definition) is 2. The largest absolute Gasteiger partial charge is 0.388 e. The predicted octanol–water partition coefficient (Wildman–Crippen LogP) is 3.55. The van der Waals surface area contributed by atoms with Crippen LogP contribution in [0.15, 0.2) is 42.3 Å². The second kappa shape index (κ2) is 6.67. The monoisotopic (exact) mass is 456 g/mol. The van der Waals surface area contributed by atoms with Gasteiger partial charge in [-0.05, 0) is 80.8 Å². The van der Waals surface area contributed by atoms with E-state index in [1.54, 1.807) is 0 Å². The van der Waals surface area contributed by atoms with Gasteiger partial charge in [-0.25, -0.2) is 0 Å². The zero-order chi connectivity index (χ0) is 22.5. The molecule has 32 heavy (non-hydrogen) atoms. The summed E-state index contributed by atoms with van der Waals surface area (Å²) in [5.41, 5.74) is 2.35. The first-order chi connectivity index (χ1) is 15.2. The van der Waals surface area contributed by atoms with E-state index in [4.69, 9.17) is 16.3 Å². The zero-order valence-corrected chi connectivity index (χ0v) is 19.8. The molecule has 5 aliphatic rings. The van der Waals surface area contributed by atoms with E-state index in [9.17, 15) is 10.2 Å². The van der Waals surface area contributed by atoms with E-state index in [-0.39, 0.29) is 17.4 Å². The molecule has 5 nitrogen and oxygen atoms in total. The number of aromatic nitrogens is 1. The van der Waals surface area contributed by atoms with E-state index in [0.717, 1.165) is 37.7 Å². The van der Waals surface area contributed by atoms with E-state index in [2.05, 4.69) is 30.1 Å². The summed E-state index contributed by atoms with van der Waals surface area (Å²) in [6.45, 7) is 2.38. The normalized spacial score (nSPS) is 49.2. The first kappa shape index (κ1) is 21.3. The summed E-state index contributed by atoms with van der Waals surface area (Å²) in [6.07, 6.45) is 11.6. The smallest absolute Gasteiger partial charge is 0.105 e. The summed E-state index contributed by atoms with van der Waals surface area (Å²) in [5, 5.41) is 22.0. The second-order valence-electron chi connectivity index (χ2n) is 11.2. The van der Waals surface area contributed by atoms with Gasteiger partial charge in [-0.1, -0.05) is 25.1 Å². The Morgan fingerprint density at radius 1 is 1.19 bits per heavy atom. The number of nitrogens with zero attached hydrogens (tertiary/aromatic N) is 2. The number of alkyl halides is 1. The third kappa shape index (κ3) is 2.47. The van der Waals surface area contributed by atoms with Crippen LogP contribution in [0.5, 0.6) is 0 Å². The number of hydrogen-bond acceptors (Lipinski definition) is 5. The van der Waals surface area contributed by atoms with Crippen LogP contribution in [0.2, 0.25) is 0 Å². The third-order valence-electron chi connectivity index (χ3n) is 9.62. The minimum Gasteiger partial charge on any atom is -0.388 e. The molecule has 2 unspecified atom stereocenters. The van der Waals surface area contributed by atoms with Crippen molar-refractivity contribution in [3.8, 4) is 0 Å². The number of pyridine rings is 1. The topological polar surface area (TPSA) is 65.8 Å². The van der Waals surface area contributed by atoms with E-state index < -0.39 is 28.3 Å².